The van der Waals surface area contributed by atoms with E-state index in [2.05, 4.69) is 39.0 Å². The van der Waals surface area contributed by atoms with Crippen molar-refractivity contribution in [2.75, 3.05) is 47.8 Å². The molecule has 3 heterocycles. The van der Waals surface area contributed by atoms with Crippen LogP contribution in [0, 0.1) is 16.0 Å². The Morgan fingerprint density at radius 3 is 2.52 bits per heavy atom. The van der Waals surface area contributed by atoms with Crippen molar-refractivity contribution in [3.8, 4) is 0 Å². The number of hydrogen-bond acceptors (Lipinski definition) is 8. The molecule has 9 nitrogen and oxygen atoms in total. The number of anilines is 3. The molecule has 3 rings (SSSR count). The maximum atomic E-state index is 11.7. The Labute approximate surface area is 158 Å². The highest BCUT2D eigenvalue weighted by molar-refractivity contribution is 5.70. The van der Waals surface area contributed by atoms with Gasteiger partial charge in [0.25, 0.3) is 0 Å². The summed E-state index contributed by atoms with van der Waals surface area (Å²) in [6.07, 6.45) is 4.08. The lowest BCUT2D eigenvalue weighted by atomic mass is 10.1. The lowest BCUT2D eigenvalue weighted by Gasteiger charge is -2.35. The quantitative estimate of drug-likeness (QED) is 0.585. The fraction of sp³-hybridized carbons (Fsp3) is 0.500. The SMILES string of the molecule is CC(C)CCNc1ncnc(N2CCN(c3ccccn3)CC2)c1[N+](=O)[O-]. The molecule has 2 aromatic rings. The van der Waals surface area contributed by atoms with E-state index in [-0.39, 0.29) is 11.5 Å². The van der Waals surface area contributed by atoms with Gasteiger partial charge >= 0.3 is 5.69 Å². The van der Waals surface area contributed by atoms with Gasteiger partial charge in [0.15, 0.2) is 0 Å². The van der Waals surface area contributed by atoms with Crippen molar-refractivity contribution in [3.05, 3.63) is 40.8 Å². The van der Waals surface area contributed by atoms with Gasteiger partial charge in [-0.05, 0) is 24.5 Å². The molecule has 1 N–H and O–H groups in total. The normalized spacial score (nSPS) is 14.5. The molecule has 1 aliphatic rings. The minimum Gasteiger partial charge on any atom is -0.364 e. The Hall–Kier alpha value is -2.97. The highest BCUT2D eigenvalue weighted by Crippen LogP contribution is 2.32. The van der Waals surface area contributed by atoms with Gasteiger partial charge < -0.3 is 15.1 Å². The number of piperazine rings is 1. The molecule has 0 bridgehead atoms. The van der Waals surface area contributed by atoms with Crippen molar-refractivity contribution in [1.29, 1.82) is 0 Å². The Bertz CT molecular complexity index is 762. The molecule has 144 valence electrons. The number of aromatic nitrogens is 3. The van der Waals surface area contributed by atoms with Gasteiger partial charge in [-0.1, -0.05) is 19.9 Å². The van der Waals surface area contributed by atoms with Crippen LogP contribution in [0.15, 0.2) is 30.7 Å². The Morgan fingerprint density at radius 1 is 1.15 bits per heavy atom. The van der Waals surface area contributed by atoms with Crippen LogP contribution in [0.4, 0.5) is 23.1 Å². The third-order valence-corrected chi connectivity index (χ3v) is 4.55. The maximum Gasteiger partial charge on any atom is 0.353 e. The van der Waals surface area contributed by atoms with E-state index >= 15 is 0 Å². The molecule has 27 heavy (non-hydrogen) atoms. The maximum absolute atomic E-state index is 11.7. The zero-order chi connectivity index (χ0) is 19.2. The van der Waals surface area contributed by atoms with Gasteiger partial charge in [-0.25, -0.2) is 15.0 Å². The summed E-state index contributed by atoms with van der Waals surface area (Å²) < 4.78 is 0. The molecule has 0 spiro atoms. The van der Waals surface area contributed by atoms with Gasteiger partial charge in [0.05, 0.1) is 4.92 Å². The van der Waals surface area contributed by atoms with Crippen LogP contribution in [0.3, 0.4) is 0 Å². The third-order valence-electron chi connectivity index (χ3n) is 4.55. The molecule has 0 unspecified atom stereocenters. The predicted molar refractivity (Wildman–Crippen MR) is 105 cm³/mol. The van der Waals surface area contributed by atoms with Gasteiger partial charge in [-0.3, -0.25) is 10.1 Å². The first-order chi connectivity index (χ1) is 13.1. The highest BCUT2D eigenvalue weighted by Gasteiger charge is 2.29. The van der Waals surface area contributed by atoms with Gasteiger partial charge in [0, 0.05) is 38.9 Å². The molecule has 0 radical (unpaired) electrons. The van der Waals surface area contributed by atoms with Gasteiger partial charge in [0.2, 0.25) is 11.6 Å². The van der Waals surface area contributed by atoms with Crippen molar-refractivity contribution in [2.24, 2.45) is 5.92 Å². The largest absolute Gasteiger partial charge is 0.364 e. The Balaban J connectivity index is 1.73. The molecular weight excluding hydrogens is 346 g/mol. The first-order valence-electron chi connectivity index (χ1n) is 9.20. The minimum absolute atomic E-state index is 0.0486. The first kappa shape index (κ1) is 18.8. The van der Waals surface area contributed by atoms with Crippen molar-refractivity contribution in [2.45, 2.75) is 20.3 Å². The second-order valence-corrected chi connectivity index (χ2v) is 6.92. The molecule has 1 aliphatic heterocycles. The summed E-state index contributed by atoms with van der Waals surface area (Å²) in [7, 11) is 0. The van der Waals surface area contributed by atoms with E-state index in [4.69, 9.17) is 0 Å². The Morgan fingerprint density at radius 2 is 1.89 bits per heavy atom. The van der Waals surface area contributed by atoms with E-state index in [1.807, 2.05) is 23.1 Å². The van der Waals surface area contributed by atoms with Crippen LogP contribution in [0.25, 0.3) is 0 Å². The van der Waals surface area contributed by atoms with Gasteiger partial charge in [-0.2, -0.15) is 0 Å². The van der Waals surface area contributed by atoms with Crippen LogP contribution < -0.4 is 15.1 Å². The summed E-state index contributed by atoms with van der Waals surface area (Å²) in [5.41, 5.74) is -0.0486. The summed E-state index contributed by atoms with van der Waals surface area (Å²) in [6, 6.07) is 5.82. The second-order valence-electron chi connectivity index (χ2n) is 6.92. The predicted octanol–water partition coefficient (Wildman–Crippen LogP) is 2.56. The summed E-state index contributed by atoms with van der Waals surface area (Å²) in [5, 5.41) is 14.8. The van der Waals surface area contributed by atoms with Crippen LogP contribution >= 0.6 is 0 Å². The standard InChI is InChI=1S/C18H25N7O2/c1-14(2)6-8-20-17-16(25(26)27)18(22-13-21-17)24-11-9-23(10-12-24)15-5-3-4-7-19-15/h3-5,7,13-14H,6,8-12H2,1-2H3,(H,20,21,22). The molecule has 0 aliphatic carbocycles. The van der Waals surface area contributed by atoms with E-state index in [0.29, 0.717) is 31.4 Å². The summed E-state index contributed by atoms with van der Waals surface area (Å²) in [5.74, 6) is 2.10. The van der Waals surface area contributed by atoms with Crippen LogP contribution in [0.5, 0.6) is 0 Å². The van der Waals surface area contributed by atoms with Crippen molar-refractivity contribution >= 4 is 23.1 Å². The molecular formula is C18H25N7O2. The second kappa shape index (κ2) is 8.61. The van der Waals surface area contributed by atoms with Crippen LogP contribution in [-0.4, -0.2) is 52.6 Å². The lowest BCUT2D eigenvalue weighted by Crippen LogP contribution is -2.47. The van der Waals surface area contributed by atoms with Crippen molar-refractivity contribution < 1.29 is 4.92 Å². The van der Waals surface area contributed by atoms with Gasteiger partial charge in [0.1, 0.15) is 12.1 Å². The molecule has 2 aromatic heterocycles. The zero-order valence-electron chi connectivity index (χ0n) is 15.7. The minimum atomic E-state index is -0.391. The fourth-order valence-electron chi connectivity index (χ4n) is 3.07. The third kappa shape index (κ3) is 4.60. The number of nitrogens with one attached hydrogen (secondary N) is 1. The van der Waals surface area contributed by atoms with E-state index in [1.165, 1.54) is 6.33 Å². The van der Waals surface area contributed by atoms with Gasteiger partial charge in [-0.15, -0.1) is 0 Å². The van der Waals surface area contributed by atoms with Crippen LogP contribution in [0.2, 0.25) is 0 Å². The van der Waals surface area contributed by atoms with Crippen molar-refractivity contribution in [3.63, 3.8) is 0 Å². The van der Waals surface area contributed by atoms with Crippen LogP contribution in [-0.2, 0) is 0 Å². The zero-order valence-corrected chi connectivity index (χ0v) is 15.7. The molecule has 1 fully saturated rings. The van der Waals surface area contributed by atoms with Crippen molar-refractivity contribution in [1.82, 2.24) is 15.0 Å². The molecule has 0 atom stereocenters. The van der Waals surface area contributed by atoms with Crippen LogP contribution in [0.1, 0.15) is 20.3 Å². The first-order valence-corrected chi connectivity index (χ1v) is 9.20. The molecule has 0 aromatic carbocycles. The smallest absolute Gasteiger partial charge is 0.353 e. The summed E-state index contributed by atoms with van der Waals surface area (Å²) >= 11 is 0. The highest BCUT2D eigenvalue weighted by atomic mass is 16.6. The number of hydrogen-bond donors (Lipinski definition) is 1. The molecule has 0 amide bonds. The molecule has 1 saturated heterocycles. The summed E-state index contributed by atoms with van der Waals surface area (Å²) in [6.45, 7) is 7.61. The fourth-order valence-corrected chi connectivity index (χ4v) is 3.07. The number of nitro groups is 1. The molecule has 9 heteroatoms. The summed E-state index contributed by atoms with van der Waals surface area (Å²) in [4.78, 5) is 28.1. The monoisotopic (exact) mass is 371 g/mol. The number of rotatable bonds is 7. The van der Waals surface area contributed by atoms with E-state index in [0.717, 1.165) is 25.3 Å². The average molecular weight is 371 g/mol. The number of pyridine rings is 1. The average Bonchev–Trinajstić information content (AvgIpc) is 2.68. The van der Waals surface area contributed by atoms with E-state index in [9.17, 15) is 10.1 Å². The van der Waals surface area contributed by atoms with E-state index < -0.39 is 4.92 Å². The van der Waals surface area contributed by atoms with E-state index in [1.54, 1.807) is 6.20 Å². The number of nitrogens with zero attached hydrogens (tertiary/aromatic N) is 6. The molecule has 0 saturated carbocycles. The lowest BCUT2D eigenvalue weighted by molar-refractivity contribution is -0.383. The Kier molecular flexibility index (Phi) is 6.00. The topological polar surface area (TPSA) is 100 Å².